The van der Waals surface area contributed by atoms with Crippen molar-refractivity contribution in [1.29, 1.82) is 0 Å². The fourth-order valence-electron chi connectivity index (χ4n) is 2.46. The van der Waals surface area contributed by atoms with Crippen molar-refractivity contribution in [3.8, 4) is 11.4 Å². The van der Waals surface area contributed by atoms with Crippen LogP contribution in [-0.2, 0) is 0 Å². The quantitative estimate of drug-likeness (QED) is 0.716. The van der Waals surface area contributed by atoms with Gasteiger partial charge in [0.15, 0.2) is 5.69 Å². The van der Waals surface area contributed by atoms with Gasteiger partial charge in [-0.25, -0.2) is 9.07 Å². The number of benzene rings is 2. The van der Waals surface area contributed by atoms with Gasteiger partial charge in [0, 0.05) is 6.20 Å². The summed E-state index contributed by atoms with van der Waals surface area (Å²) in [5.74, 6) is -0.0866. The molecule has 0 saturated carbocycles. The van der Waals surface area contributed by atoms with Gasteiger partial charge in [-0.05, 0) is 55.3 Å². The van der Waals surface area contributed by atoms with Gasteiger partial charge in [0.05, 0.1) is 18.0 Å². The van der Waals surface area contributed by atoms with E-state index in [4.69, 9.17) is 4.74 Å². The molecule has 6 heteroatoms. The van der Waals surface area contributed by atoms with E-state index >= 15 is 0 Å². The molecule has 0 atom stereocenters. The number of halogens is 1. The number of ether oxygens (including phenoxy) is 1. The van der Waals surface area contributed by atoms with Crippen molar-refractivity contribution in [2.75, 3.05) is 11.9 Å². The molecule has 1 N–H and O–H groups in total. The Labute approximate surface area is 151 Å². The van der Waals surface area contributed by atoms with E-state index in [0.717, 1.165) is 12.0 Å². The largest absolute Gasteiger partial charge is 0.491 e. The molecule has 5 nitrogen and oxygen atoms in total. The van der Waals surface area contributed by atoms with Gasteiger partial charge in [-0.15, -0.1) is 0 Å². The summed E-state index contributed by atoms with van der Waals surface area (Å²) < 4.78 is 20.5. The number of hydrogen-bond acceptors (Lipinski definition) is 3. The number of carbonyl (C=O) groups excluding carboxylic acids is 1. The molecule has 0 radical (unpaired) electrons. The molecule has 2 aromatic carbocycles. The number of carbonyl (C=O) groups is 1. The smallest absolute Gasteiger partial charge is 0.276 e. The van der Waals surface area contributed by atoms with E-state index in [1.54, 1.807) is 24.4 Å². The van der Waals surface area contributed by atoms with Crippen molar-refractivity contribution in [2.24, 2.45) is 0 Å². The predicted molar refractivity (Wildman–Crippen MR) is 98.4 cm³/mol. The molecule has 0 aliphatic carbocycles. The van der Waals surface area contributed by atoms with Crippen molar-refractivity contribution in [1.82, 2.24) is 9.78 Å². The maximum absolute atomic E-state index is 13.4. The molecule has 0 aliphatic rings. The second-order valence-corrected chi connectivity index (χ2v) is 5.93. The summed E-state index contributed by atoms with van der Waals surface area (Å²) in [6.07, 6.45) is 2.49. The molecule has 3 aromatic rings. The molecule has 3 rings (SSSR count). The molecule has 134 valence electrons. The van der Waals surface area contributed by atoms with Crippen molar-refractivity contribution in [3.05, 3.63) is 71.8 Å². The normalized spacial score (nSPS) is 10.6. The first-order chi connectivity index (χ1) is 12.6. The van der Waals surface area contributed by atoms with Crippen LogP contribution in [0.15, 0.2) is 54.7 Å². The first-order valence-corrected chi connectivity index (χ1v) is 8.43. The van der Waals surface area contributed by atoms with Crippen LogP contribution >= 0.6 is 0 Å². The summed E-state index contributed by atoms with van der Waals surface area (Å²) >= 11 is 0. The molecule has 1 amide bonds. The zero-order valence-corrected chi connectivity index (χ0v) is 14.7. The van der Waals surface area contributed by atoms with Crippen LogP contribution in [0.25, 0.3) is 5.69 Å². The van der Waals surface area contributed by atoms with Crippen LogP contribution < -0.4 is 10.1 Å². The van der Waals surface area contributed by atoms with Gasteiger partial charge in [0.2, 0.25) is 0 Å². The Bertz CT molecular complexity index is 921. The second kappa shape index (κ2) is 7.82. The first kappa shape index (κ1) is 17.7. The van der Waals surface area contributed by atoms with Crippen LogP contribution in [0.2, 0.25) is 0 Å². The van der Waals surface area contributed by atoms with E-state index < -0.39 is 0 Å². The number of aryl methyl sites for hydroxylation is 1. The number of anilines is 1. The van der Waals surface area contributed by atoms with E-state index in [-0.39, 0.29) is 17.4 Å². The number of aromatic nitrogens is 2. The molecule has 1 aromatic heterocycles. The van der Waals surface area contributed by atoms with Crippen molar-refractivity contribution >= 4 is 11.6 Å². The predicted octanol–water partition coefficient (Wildman–Crippen LogP) is 4.36. The van der Waals surface area contributed by atoms with Gasteiger partial charge < -0.3 is 10.1 Å². The Morgan fingerprint density at radius 1 is 1.23 bits per heavy atom. The van der Waals surface area contributed by atoms with E-state index in [1.807, 2.05) is 32.0 Å². The summed E-state index contributed by atoms with van der Waals surface area (Å²) in [7, 11) is 0. The van der Waals surface area contributed by atoms with E-state index in [2.05, 4.69) is 10.4 Å². The van der Waals surface area contributed by atoms with Gasteiger partial charge in [-0.1, -0.05) is 19.1 Å². The van der Waals surface area contributed by atoms with Gasteiger partial charge in [-0.2, -0.15) is 5.10 Å². The average molecular weight is 353 g/mol. The maximum atomic E-state index is 13.4. The SMILES string of the molecule is CCCOc1cc(C)ccc1NC(=O)c1ccn(-c2cccc(F)c2)n1. The first-order valence-electron chi connectivity index (χ1n) is 8.43. The Kier molecular flexibility index (Phi) is 5.31. The lowest BCUT2D eigenvalue weighted by Gasteiger charge is -2.12. The highest BCUT2D eigenvalue weighted by molar-refractivity contribution is 6.03. The lowest BCUT2D eigenvalue weighted by molar-refractivity contribution is 0.102. The summed E-state index contributed by atoms with van der Waals surface area (Å²) in [5.41, 5.74) is 2.42. The number of hydrogen-bond donors (Lipinski definition) is 1. The maximum Gasteiger partial charge on any atom is 0.276 e. The zero-order valence-electron chi connectivity index (χ0n) is 14.7. The highest BCUT2D eigenvalue weighted by atomic mass is 19.1. The monoisotopic (exact) mass is 353 g/mol. The summed E-state index contributed by atoms with van der Waals surface area (Å²) in [4.78, 5) is 12.5. The van der Waals surface area contributed by atoms with Crippen LogP contribution in [0, 0.1) is 12.7 Å². The van der Waals surface area contributed by atoms with E-state index in [0.29, 0.717) is 23.7 Å². The topological polar surface area (TPSA) is 56.1 Å². The fraction of sp³-hybridized carbons (Fsp3) is 0.200. The van der Waals surface area contributed by atoms with E-state index in [1.165, 1.54) is 16.8 Å². The molecular weight excluding hydrogens is 333 g/mol. The molecule has 1 heterocycles. The molecule has 26 heavy (non-hydrogen) atoms. The van der Waals surface area contributed by atoms with Crippen LogP contribution in [0.1, 0.15) is 29.4 Å². The van der Waals surface area contributed by atoms with Crippen LogP contribution in [-0.4, -0.2) is 22.3 Å². The molecule has 0 saturated heterocycles. The van der Waals surface area contributed by atoms with Gasteiger partial charge in [0.1, 0.15) is 11.6 Å². The molecule has 0 spiro atoms. The number of nitrogens with zero attached hydrogens (tertiary/aromatic N) is 2. The average Bonchev–Trinajstić information content (AvgIpc) is 3.12. The Balaban J connectivity index is 1.79. The Morgan fingerprint density at radius 3 is 2.85 bits per heavy atom. The van der Waals surface area contributed by atoms with Crippen molar-refractivity contribution < 1.29 is 13.9 Å². The second-order valence-electron chi connectivity index (χ2n) is 5.93. The summed E-state index contributed by atoms with van der Waals surface area (Å²) in [6, 6.07) is 13.2. The lowest BCUT2D eigenvalue weighted by Crippen LogP contribution is -2.14. The van der Waals surface area contributed by atoms with Gasteiger partial charge in [0.25, 0.3) is 5.91 Å². The highest BCUT2D eigenvalue weighted by Crippen LogP contribution is 2.26. The third kappa shape index (κ3) is 4.08. The number of amides is 1. The highest BCUT2D eigenvalue weighted by Gasteiger charge is 2.13. The van der Waals surface area contributed by atoms with Crippen LogP contribution in [0.3, 0.4) is 0 Å². The van der Waals surface area contributed by atoms with Crippen LogP contribution in [0.5, 0.6) is 5.75 Å². The Morgan fingerprint density at radius 2 is 2.08 bits per heavy atom. The lowest BCUT2D eigenvalue weighted by atomic mass is 10.2. The summed E-state index contributed by atoms with van der Waals surface area (Å²) in [6.45, 7) is 4.55. The summed E-state index contributed by atoms with van der Waals surface area (Å²) in [5, 5.41) is 7.05. The molecule has 0 unspecified atom stereocenters. The number of rotatable bonds is 6. The third-order valence-electron chi connectivity index (χ3n) is 3.74. The van der Waals surface area contributed by atoms with E-state index in [9.17, 15) is 9.18 Å². The minimum Gasteiger partial charge on any atom is -0.491 e. The molecule has 0 fully saturated rings. The van der Waals surface area contributed by atoms with Crippen molar-refractivity contribution in [3.63, 3.8) is 0 Å². The number of nitrogens with one attached hydrogen (secondary N) is 1. The third-order valence-corrected chi connectivity index (χ3v) is 3.74. The Hall–Kier alpha value is -3.15. The van der Waals surface area contributed by atoms with Crippen LogP contribution in [0.4, 0.5) is 10.1 Å². The van der Waals surface area contributed by atoms with Gasteiger partial charge >= 0.3 is 0 Å². The minimum absolute atomic E-state index is 0.233. The molecular formula is C20H20FN3O2. The molecule has 0 bridgehead atoms. The fourth-order valence-corrected chi connectivity index (χ4v) is 2.46. The molecule has 0 aliphatic heterocycles. The minimum atomic E-state index is -0.360. The van der Waals surface area contributed by atoms with Gasteiger partial charge in [-0.3, -0.25) is 4.79 Å². The zero-order chi connectivity index (χ0) is 18.5. The standard InChI is InChI=1S/C20H20FN3O2/c1-3-11-26-19-12-14(2)7-8-17(19)22-20(25)18-9-10-24(23-18)16-6-4-5-15(21)13-16/h4-10,12-13H,3,11H2,1-2H3,(H,22,25). The van der Waals surface area contributed by atoms with Crippen molar-refractivity contribution in [2.45, 2.75) is 20.3 Å².